The minimum absolute atomic E-state index is 0.0753. The van der Waals surface area contributed by atoms with E-state index in [1.54, 1.807) is 0 Å². The van der Waals surface area contributed by atoms with E-state index in [0.717, 1.165) is 12.6 Å². The van der Waals surface area contributed by atoms with Gasteiger partial charge >= 0.3 is 0 Å². The average Bonchev–Trinajstić information content (AvgIpc) is 2.41. The lowest BCUT2D eigenvalue weighted by atomic mass is 9.92. The maximum Gasteiger partial charge on any atom is 0.0641 e. The van der Waals surface area contributed by atoms with E-state index in [2.05, 4.69) is 31.0 Å². The van der Waals surface area contributed by atoms with Crippen molar-refractivity contribution in [2.75, 3.05) is 26.2 Å². The molecule has 0 bridgehead atoms. The molecule has 2 fully saturated rings. The minimum atomic E-state index is 0.0753. The Hall–Kier alpha value is -0.120. The van der Waals surface area contributed by atoms with Crippen molar-refractivity contribution in [1.29, 1.82) is 0 Å². The normalized spacial score (nSPS) is 36.9. The maximum absolute atomic E-state index is 5.80. The third kappa shape index (κ3) is 3.19. The third-order valence-electron chi connectivity index (χ3n) is 3.81. The zero-order valence-corrected chi connectivity index (χ0v) is 11.0. The lowest BCUT2D eigenvalue weighted by Crippen LogP contribution is -2.48. The fourth-order valence-electron chi connectivity index (χ4n) is 2.98. The van der Waals surface area contributed by atoms with Gasteiger partial charge in [-0.05, 0) is 53.1 Å². The van der Waals surface area contributed by atoms with Gasteiger partial charge in [0.05, 0.1) is 5.60 Å². The molecular formula is C13H26N2O. The Morgan fingerprint density at radius 3 is 2.94 bits per heavy atom. The largest absolute Gasteiger partial charge is 0.375 e. The van der Waals surface area contributed by atoms with E-state index in [4.69, 9.17) is 4.74 Å². The summed E-state index contributed by atoms with van der Waals surface area (Å²) in [5.41, 5.74) is 0.0753. The van der Waals surface area contributed by atoms with E-state index in [1.165, 1.54) is 38.9 Å². The standard InChI is InChI=1S/C13H26N2O/c1-11-10-15(7-4-6-14-11)12-5-8-16-13(2,3)9-12/h11-12,14H,4-10H2,1-3H3. The summed E-state index contributed by atoms with van der Waals surface area (Å²) in [5, 5.41) is 3.56. The Morgan fingerprint density at radius 1 is 1.38 bits per heavy atom. The van der Waals surface area contributed by atoms with E-state index in [0.29, 0.717) is 6.04 Å². The van der Waals surface area contributed by atoms with Gasteiger partial charge in [0, 0.05) is 25.2 Å². The van der Waals surface area contributed by atoms with Crippen LogP contribution in [0.2, 0.25) is 0 Å². The van der Waals surface area contributed by atoms with Gasteiger partial charge < -0.3 is 10.1 Å². The van der Waals surface area contributed by atoms with E-state index < -0.39 is 0 Å². The Labute approximate surface area is 99.5 Å². The Balaban J connectivity index is 1.94. The van der Waals surface area contributed by atoms with Crippen molar-refractivity contribution >= 4 is 0 Å². The molecule has 94 valence electrons. The molecule has 0 aromatic heterocycles. The van der Waals surface area contributed by atoms with Crippen molar-refractivity contribution in [3.63, 3.8) is 0 Å². The summed E-state index contributed by atoms with van der Waals surface area (Å²) in [4.78, 5) is 2.68. The lowest BCUT2D eigenvalue weighted by molar-refractivity contribution is -0.0831. The van der Waals surface area contributed by atoms with Crippen LogP contribution in [-0.4, -0.2) is 48.8 Å². The molecule has 0 amide bonds. The minimum Gasteiger partial charge on any atom is -0.375 e. The number of hydrogen-bond acceptors (Lipinski definition) is 3. The summed E-state index contributed by atoms with van der Waals surface area (Å²) in [6, 6.07) is 1.36. The number of nitrogens with one attached hydrogen (secondary N) is 1. The lowest BCUT2D eigenvalue weighted by Gasteiger charge is -2.41. The number of ether oxygens (including phenoxy) is 1. The Kier molecular flexibility index (Phi) is 3.88. The molecule has 2 rings (SSSR count). The molecule has 16 heavy (non-hydrogen) atoms. The van der Waals surface area contributed by atoms with Gasteiger partial charge in [0.15, 0.2) is 0 Å². The van der Waals surface area contributed by atoms with Gasteiger partial charge in [-0.25, -0.2) is 0 Å². The summed E-state index contributed by atoms with van der Waals surface area (Å²) in [7, 11) is 0. The van der Waals surface area contributed by atoms with Crippen LogP contribution in [0, 0.1) is 0 Å². The van der Waals surface area contributed by atoms with Gasteiger partial charge in [-0.15, -0.1) is 0 Å². The topological polar surface area (TPSA) is 24.5 Å². The van der Waals surface area contributed by atoms with E-state index >= 15 is 0 Å². The first kappa shape index (κ1) is 12.3. The van der Waals surface area contributed by atoms with Gasteiger partial charge in [0.1, 0.15) is 0 Å². The monoisotopic (exact) mass is 226 g/mol. The second-order valence-corrected chi connectivity index (χ2v) is 5.96. The zero-order chi connectivity index (χ0) is 11.6. The molecule has 1 N–H and O–H groups in total. The second kappa shape index (κ2) is 5.03. The second-order valence-electron chi connectivity index (χ2n) is 5.96. The molecular weight excluding hydrogens is 200 g/mol. The highest BCUT2D eigenvalue weighted by molar-refractivity contribution is 4.87. The molecule has 2 aliphatic rings. The van der Waals surface area contributed by atoms with Crippen LogP contribution in [0.4, 0.5) is 0 Å². The first-order valence-corrected chi connectivity index (χ1v) is 6.68. The van der Waals surface area contributed by atoms with Gasteiger partial charge in [0.25, 0.3) is 0 Å². The fraction of sp³-hybridized carbons (Fsp3) is 1.00. The summed E-state index contributed by atoms with van der Waals surface area (Å²) >= 11 is 0. The molecule has 0 aromatic rings. The molecule has 0 aromatic carbocycles. The summed E-state index contributed by atoms with van der Waals surface area (Å²) in [6.45, 7) is 11.3. The molecule has 0 spiro atoms. The predicted octanol–water partition coefficient (Wildman–Crippen LogP) is 1.63. The third-order valence-corrected chi connectivity index (χ3v) is 3.81. The van der Waals surface area contributed by atoms with E-state index in [9.17, 15) is 0 Å². The zero-order valence-electron chi connectivity index (χ0n) is 11.0. The van der Waals surface area contributed by atoms with Gasteiger partial charge in [-0.1, -0.05) is 0 Å². The highest BCUT2D eigenvalue weighted by atomic mass is 16.5. The average molecular weight is 226 g/mol. The van der Waals surface area contributed by atoms with Crippen LogP contribution < -0.4 is 5.32 Å². The molecule has 2 heterocycles. The van der Waals surface area contributed by atoms with Crippen LogP contribution in [0.25, 0.3) is 0 Å². The van der Waals surface area contributed by atoms with Crippen molar-refractivity contribution in [1.82, 2.24) is 10.2 Å². The molecule has 0 aliphatic carbocycles. The number of rotatable bonds is 1. The highest BCUT2D eigenvalue weighted by Crippen LogP contribution is 2.27. The molecule has 0 saturated carbocycles. The van der Waals surface area contributed by atoms with Crippen molar-refractivity contribution < 1.29 is 4.74 Å². The first-order chi connectivity index (χ1) is 7.57. The summed E-state index contributed by atoms with van der Waals surface area (Å²) < 4.78 is 5.80. The summed E-state index contributed by atoms with van der Waals surface area (Å²) in [6.07, 6.45) is 3.66. The van der Waals surface area contributed by atoms with Crippen molar-refractivity contribution in [2.45, 2.75) is 57.7 Å². The van der Waals surface area contributed by atoms with Crippen LogP contribution >= 0.6 is 0 Å². The first-order valence-electron chi connectivity index (χ1n) is 6.68. The smallest absolute Gasteiger partial charge is 0.0641 e. The quantitative estimate of drug-likeness (QED) is 0.735. The molecule has 2 atom stereocenters. The van der Waals surface area contributed by atoms with Crippen LogP contribution in [0.5, 0.6) is 0 Å². The van der Waals surface area contributed by atoms with Crippen LogP contribution in [0.1, 0.15) is 40.0 Å². The Morgan fingerprint density at radius 2 is 2.19 bits per heavy atom. The van der Waals surface area contributed by atoms with E-state index in [-0.39, 0.29) is 5.60 Å². The predicted molar refractivity (Wildman–Crippen MR) is 66.7 cm³/mol. The Bertz CT molecular complexity index is 230. The van der Waals surface area contributed by atoms with Crippen LogP contribution in [0.3, 0.4) is 0 Å². The van der Waals surface area contributed by atoms with Gasteiger partial charge in [-0.3, -0.25) is 4.90 Å². The molecule has 3 heteroatoms. The maximum atomic E-state index is 5.80. The number of hydrogen-bond donors (Lipinski definition) is 1. The van der Waals surface area contributed by atoms with Crippen molar-refractivity contribution in [3.05, 3.63) is 0 Å². The van der Waals surface area contributed by atoms with E-state index in [1.807, 2.05) is 0 Å². The van der Waals surface area contributed by atoms with Crippen LogP contribution in [-0.2, 0) is 4.74 Å². The fourth-order valence-corrected chi connectivity index (χ4v) is 2.98. The van der Waals surface area contributed by atoms with Crippen LogP contribution in [0.15, 0.2) is 0 Å². The molecule has 0 radical (unpaired) electrons. The van der Waals surface area contributed by atoms with Gasteiger partial charge in [-0.2, -0.15) is 0 Å². The van der Waals surface area contributed by atoms with Crippen molar-refractivity contribution in [3.8, 4) is 0 Å². The SMILES string of the molecule is CC1CN(C2CCOC(C)(C)C2)CCCN1. The molecule has 2 saturated heterocycles. The molecule has 2 unspecified atom stereocenters. The van der Waals surface area contributed by atoms with Crippen molar-refractivity contribution in [2.24, 2.45) is 0 Å². The van der Waals surface area contributed by atoms with Gasteiger partial charge in [0.2, 0.25) is 0 Å². The summed E-state index contributed by atoms with van der Waals surface area (Å²) in [5.74, 6) is 0. The highest BCUT2D eigenvalue weighted by Gasteiger charge is 2.32. The number of nitrogens with zero attached hydrogens (tertiary/aromatic N) is 1. The molecule has 2 aliphatic heterocycles. The molecule has 3 nitrogen and oxygen atoms in total.